The van der Waals surface area contributed by atoms with E-state index in [1.165, 1.54) is 7.11 Å². The number of benzene rings is 1. The first-order chi connectivity index (χ1) is 13.0. The molecule has 148 valence electrons. The lowest BCUT2D eigenvalue weighted by molar-refractivity contribution is -0.174. The van der Waals surface area contributed by atoms with Crippen LogP contribution in [0.5, 0.6) is 0 Å². The van der Waals surface area contributed by atoms with Gasteiger partial charge in [-0.2, -0.15) is 0 Å². The molecule has 1 aromatic rings. The standard InChI is InChI=1S/C20H27NO6/c1-25-15-19(18(23)24)7-10-21(14-19)17(22)20(8-11-26-12-9-20)27-13-16-5-3-2-4-6-16/h2-6H,7-15H2,1H3,(H,23,24). The summed E-state index contributed by atoms with van der Waals surface area (Å²) in [6.45, 7) is 1.88. The number of carboxylic acids is 1. The van der Waals surface area contributed by atoms with Crippen molar-refractivity contribution in [2.75, 3.05) is 40.0 Å². The number of rotatable bonds is 7. The minimum absolute atomic E-state index is 0.0904. The number of nitrogens with zero attached hydrogens (tertiary/aromatic N) is 1. The molecule has 1 N–H and O–H groups in total. The summed E-state index contributed by atoms with van der Waals surface area (Å²) < 4.78 is 16.7. The molecule has 1 aromatic carbocycles. The van der Waals surface area contributed by atoms with Crippen molar-refractivity contribution in [2.45, 2.75) is 31.5 Å². The first-order valence-corrected chi connectivity index (χ1v) is 9.29. The van der Waals surface area contributed by atoms with Crippen LogP contribution in [0.15, 0.2) is 30.3 Å². The van der Waals surface area contributed by atoms with Crippen molar-refractivity contribution >= 4 is 11.9 Å². The molecule has 2 heterocycles. The Morgan fingerprint density at radius 2 is 1.89 bits per heavy atom. The van der Waals surface area contributed by atoms with E-state index in [1.807, 2.05) is 30.3 Å². The molecule has 7 nitrogen and oxygen atoms in total. The molecule has 0 bridgehead atoms. The van der Waals surface area contributed by atoms with E-state index in [2.05, 4.69) is 0 Å². The van der Waals surface area contributed by atoms with E-state index in [4.69, 9.17) is 14.2 Å². The van der Waals surface area contributed by atoms with Crippen molar-refractivity contribution in [3.8, 4) is 0 Å². The number of hydrogen-bond acceptors (Lipinski definition) is 5. The molecule has 1 atom stereocenters. The van der Waals surface area contributed by atoms with Gasteiger partial charge in [-0.05, 0) is 12.0 Å². The van der Waals surface area contributed by atoms with Crippen molar-refractivity contribution < 1.29 is 28.9 Å². The second-order valence-electron chi connectivity index (χ2n) is 7.38. The van der Waals surface area contributed by atoms with Crippen LogP contribution in [0, 0.1) is 5.41 Å². The SMILES string of the molecule is COCC1(C(=O)O)CCN(C(=O)C2(OCc3ccccc3)CCOCC2)C1. The average Bonchev–Trinajstić information content (AvgIpc) is 3.13. The Hall–Kier alpha value is -1.96. The monoisotopic (exact) mass is 377 g/mol. The van der Waals surface area contributed by atoms with Gasteiger partial charge in [0.25, 0.3) is 5.91 Å². The third-order valence-corrected chi connectivity index (χ3v) is 5.56. The van der Waals surface area contributed by atoms with Crippen LogP contribution in [0.1, 0.15) is 24.8 Å². The van der Waals surface area contributed by atoms with Gasteiger partial charge in [-0.25, -0.2) is 0 Å². The van der Waals surface area contributed by atoms with E-state index in [1.54, 1.807) is 4.90 Å². The maximum absolute atomic E-state index is 13.4. The van der Waals surface area contributed by atoms with Gasteiger partial charge in [0.2, 0.25) is 0 Å². The molecule has 0 aliphatic carbocycles. The highest BCUT2D eigenvalue weighted by atomic mass is 16.5. The molecule has 1 unspecified atom stereocenters. The zero-order valence-corrected chi connectivity index (χ0v) is 15.7. The molecule has 2 fully saturated rings. The van der Waals surface area contributed by atoms with E-state index in [0.29, 0.717) is 45.6 Å². The van der Waals surface area contributed by atoms with Gasteiger partial charge in [0.15, 0.2) is 5.60 Å². The van der Waals surface area contributed by atoms with E-state index in [0.717, 1.165) is 5.56 Å². The average molecular weight is 377 g/mol. The summed E-state index contributed by atoms with van der Waals surface area (Å²) in [5.41, 5.74) is -1.01. The smallest absolute Gasteiger partial charge is 0.313 e. The van der Waals surface area contributed by atoms with E-state index in [-0.39, 0.29) is 19.1 Å². The van der Waals surface area contributed by atoms with Crippen LogP contribution in [0.2, 0.25) is 0 Å². The van der Waals surface area contributed by atoms with E-state index >= 15 is 0 Å². The Kier molecular flexibility index (Phi) is 6.14. The van der Waals surface area contributed by atoms with Gasteiger partial charge in [-0.1, -0.05) is 30.3 Å². The molecule has 0 spiro atoms. The fourth-order valence-corrected chi connectivity index (χ4v) is 3.88. The van der Waals surface area contributed by atoms with Crippen LogP contribution in [-0.4, -0.2) is 67.5 Å². The van der Waals surface area contributed by atoms with Crippen molar-refractivity contribution in [3.63, 3.8) is 0 Å². The number of likely N-dealkylation sites (tertiary alicyclic amines) is 1. The fourth-order valence-electron chi connectivity index (χ4n) is 3.88. The topological polar surface area (TPSA) is 85.3 Å². The number of carbonyl (C=O) groups excluding carboxylic acids is 1. The fraction of sp³-hybridized carbons (Fsp3) is 0.600. The summed E-state index contributed by atoms with van der Waals surface area (Å²) in [4.78, 5) is 26.8. The first-order valence-electron chi connectivity index (χ1n) is 9.29. The summed E-state index contributed by atoms with van der Waals surface area (Å²) in [6, 6.07) is 9.72. The lowest BCUT2D eigenvalue weighted by atomic mass is 9.88. The Balaban J connectivity index is 1.75. The number of amides is 1. The van der Waals surface area contributed by atoms with Crippen LogP contribution in [-0.2, 0) is 30.4 Å². The molecule has 0 saturated carbocycles. The molecule has 2 aliphatic rings. The Bertz CT molecular complexity index is 658. The second kappa shape index (κ2) is 8.37. The maximum Gasteiger partial charge on any atom is 0.313 e. The number of carbonyl (C=O) groups is 2. The van der Waals surface area contributed by atoms with Crippen LogP contribution in [0.3, 0.4) is 0 Å². The molecular formula is C20H27NO6. The van der Waals surface area contributed by atoms with E-state index in [9.17, 15) is 14.7 Å². The van der Waals surface area contributed by atoms with Crippen molar-refractivity contribution in [1.29, 1.82) is 0 Å². The highest BCUT2D eigenvalue weighted by Gasteiger charge is 2.51. The summed E-state index contributed by atoms with van der Waals surface area (Å²) in [5, 5.41) is 9.65. The highest BCUT2D eigenvalue weighted by molar-refractivity contribution is 5.87. The van der Waals surface area contributed by atoms with Gasteiger partial charge in [0, 0.05) is 46.3 Å². The molecule has 27 heavy (non-hydrogen) atoms. The Morgan fingerprint density at radius 3 is 2.52 bits per heavy atom. The van der Waals surface area contributed by atoms with Gasteiger partial charge in [-0.3, -0.25) is 9.59 Å². The summed E-state index contributed by atoms with van der Waals surface area (Å²) in [5.74, 6) is -1.06. The second-order valence-corrected chi connectivity index (χ2v) is 7.38. The zero-order chi connectivity index (χ0) is 19.3. The molecule has 2 aliphatic heterocycles. The quantitative estimate of drug-likeness (QED) is 0.779. The lowest BCUT2D eigenvalue weighted by Gasteiger charge is -2.38. The Morgan fingerprint density at radius 1 is 1.19 bits per heavy atom. The summed E-state index contributed by atoms with van der Waals surface area (Å²) in [7, 11) is 1.48. The molecule has 0 aromatic heterocycles. The van der Waals surface area contributed by atoms with E-state index < -0.39 is 17.0 Å². The number of methoxy groups -OCH3 is 1. The summed E-state index contributed by atoms with van der Waals surface area (Å²) in [6.07, 6.45) is 1.33. The van der Waals surface area contributed by atoms with Crippen LogP contribution < -0.4 is 0 Å². The Labute approximate surface area is 159 Å². The number of aliphatic carboxylic acids is 1. The molecular weight excluding hydrogens is 350 g/mol. The van der Waals surface area contributed by atoms with Crippen LogP contribution in [0.4, 0.5) is 0 Å². The molecule has 7 heteroatoms. The molecule has 2 saturated heterocycles. The van der Waals surface area contributed by atoms with Gasteiger partial charge in [-0.15, -0.1) is 0 Å². The lowest BCUT2D eigenvalue weighted by Crippen LogP contribution is -2.54. The molecule has 0 radical (unpaired) electrons. The van der Waals surface area contributed by atoms with Gasteiger partial charge < -0.3 is 24.2 Å². The van der Waals surface area contributed by atoms with Crippen molar-refractivity contribution in [3.05, 3.63) is 35.9 Å². The third kappa shape index (κ3) is 4.15. The number of ether oxygens (including phenoxy) is 3. The van der Waals surface area contributed by atoms with Gasteiger partial charge in [0.05, 0.1) is 13.2 Å². The first kappa shape index (κ1) is 19.8. The third-order valence-electron chi connectivity index (χ3n) is 5.56. The highest BCUT2D eigenvalue weighted by Crippen LogP contribution is 2.36. The number of hydrogen-bond donors (Lipinski definition) is 1. The summed E-state index contributed by atoms with van der Waals surface area (Å²) >= 11 is 0. The molecule has 1 amide bonds. The normalized spacial score (nSPS) is 24.7. The van der Waals surface area contributed by atoms with Gasteiger partial charge in [0.1, 0.15) is 5.41 Å². The molecule has 3 rings (SSSR count). The van der Waals surface area contributed by atoms with Crippen LogP contribution >= 0.6 is 0 Å². The largest absolute Gasteiger partial charge is 0.481 e. The maximum atomic E-state index is 13.4. The van der Waals surface area contributed by atoms with Crippen molar-refractivity contribution in [2.24, 2.45) is 5.41 Å². The van der Waals surface area contributed by atoms with Gasteiger partial charge >= 0.3 is 5.97 Å². The zero-order valence-electron chi connectivity index (χ0n) is 15.7. The minimum Gasteiger partial charge on any atom is -0.481 e. The predicted octanol–water partition coefficient (Wildman–Crippen LogP) is 1.70. The van der Waals surface area contributed by atoms with Crippen LogP contribution in [0.25, 0.3) is 0 Å². The minimum atomic E-state index is -1.05. The number of carboxylic acid groups (broad SMARTS) is 1. The predicted molar refractivity (Wildman–Crippen MR) is 97.2 cm³/mol. The van der Waals surface area contributed by atoms with Crippen molar-refractivity contribution in [1.82, 2.24) is 4.90 Å².